The van der Waals surface area contributed by atoms with Crippen molar-refractivity contribution in [3.8, 4) is 0 Å². The summed E-state index contributed by atoms with van der Waals surface area (Å²) >= 11 is 0. The molecule has 0 aromatic heterocycles. The smallest absolute Gasteiger partial charge is 0.230 e. The lowest BCUT2D eigenvalue weighted by molar-refractivity contribution is -0.126. The molecule has 0 spiro atoms. The fraction of sp³-hybridized carbons (Fsp3) is 0.611. The van der Waals surface area contributed by atoms with Gasteiger partial charge in [-0.2, -0.15) is 0 Å². The van der Waals surface area contributed by atoms with Crippen LogP contribution in [0.3, 0.4) is 0 Å². The van der Waals surface area contributed by atoms with E-state index in [-0.39, 0.29) is 30.2 Å². The van der Waals surface area contributed by atoms with Gasteiger partial charge in [0, 0.05) is 12.6 Å². The molecule has 1 amide bonds. The first kappa shape index (κ1) is 19.9. The molecule has 1 aromatic carbocycles. The predicted octanol–water partition coefficient (Wildman–Crippen LogP) is 3.55. The van der Waals surface area contributed by atoms with Gasteiger partial charge in [0.25, 0.3) is 0 Å². The van der Waals surface area contributed by atoms with Gasteiger partial charge in [-0.1, -0.05) is 31.4 Å². The van der Waals surface area contributed by atoms with Crippen LogP contribution in [0.1, 0.15) is 51.5 Å². The average molecular weight is 343 g/mol. The van der Waals surface area contributed by atoms with Crippen LogP contribution in [0.2, 0.25) is 0 Å². The molecule has 0 aliphatic heterocycles. The van der Waals surface area contributed by atoms with Crippen LogP contribution in [0.5, 0.6) is 0 Å². The van der Waals surface area contributed by atoms with Crippen molar-refractivity contribution in [2.45, 2.75) is 57.4 Å². The molecule has 0 heterocycles. The van der Waals surface area contributed by atoms with E-state index in [4.69, 9.17) is 5.73 Å². The van der Waals surface area contributed by atoms with E-state index in [9.17, 15) is 9.18 Å². The lowest BCUT2D eigenvalue weighted by Gasteiger charge is -2.33. The third kappa shape index (κ3) is 4.92. The Morgan fingerprint density at radius 1 is 1.35 bits per heavy atom. The molecule has 23 heavy (non-hydrogen) atoms. The zero-order valence-corrected chi connectivity index (χ0v) is 14.8. The highest BCUT2D eigenvalue weighted by Gasteiger charge is 2.33. The molecule has 2 rings (SSSR count). The fourth-order valence-corrected chi connectivity index (χ4v) is 3.26. The van der Waals surface area contributed by atoms with Crippen LogP contribution in [0.15, 0.2) is 24.3 Å². The van der Waals surface area contributed by atoms with E-state index in [1.54, 1.807) is 12.1 Å². The first-order valence-electron chi connectivity index (χ1n) is 8.22. The second-order valence-corrected chi connectivity index (χ2v) is 6.85. The molecule has 5 heteroatoms. The van der Waals surface area contributed by atoms with E-state index in [1.165, 1.54) is 31.4 Å². The van der Waals surface area contributed by atoms with Gasteiger partial charge in [-0.25, -0.2) is 4.39 Å². The van der Waals surface area contributed by atoms with Gasteiger partial charge in [0.15, 0.2) is 0 Å². The quantitative estimate of drug-likeness (QED) is 0.859. The standard InChI is InChI=1S/C18H27FN2O.ClH/c1-18(2,14-9-6-10-15(19)11-14)17(22)21-16(12-20)13-7-4-3-5-8-13;/h6,9-11,13,16H,3-5,7-8,12,20H2,1-2H3,(H,21,22);1H. The van der Waals surface area contributed by atoms with Gasteiger partial charge in [0.2, 0.25) is 5.91 Å². The second-order valence-electron chi connectivity index (χ2n) is 6.85. The summed E-state index contributed by atoms with van der Waals surface area (Å²) in [6, 6.07) is 6.27. The highest BCUT2D eigenvalue weighted by Crippen LogP contribution is 2.28. The SMILES string of the molecule is CC(C)(C(=O)NC(CN)C1CCCCC1)c1cccc(F)c1.Cl. The fourth-order valence-electron chi connectivity index (χ4n) is 3.26. The number of carbonyl (C=O) groups excluding carboxylic acids is 1. The summed E-state index contributed by atoms with van der Waals surface area (Å²) in [6.45, 7) is 4.10. The van der Waals surface area contributed by atoms with Crippen LogP contribution in [0, 0.1) is 11.7 Å². The molecular formula is C18H28ClFN2O. The van der Waals surface area contributed by atoms with Crippen LogP contribution in [0.25, 0.3) is 0 Å². The summed E-state index contributed by atoms with van der Waals surface area (Å²) in [5.74, 6) is 0.0613. The van der Waals surface area contributed by atoms with Crippen molar-refractivity contribution in [3.05, 3.63) is 35.6 Å². The van der Waals surface area contributed by atoms with Crippen molar-refractivity contribution in [1.82, 2.24) is 5.32 Å². The van der Waals surface area contributed by atoms with Gasteiger partial charge >= 0.3 is 0 Å². The number of carbonyl (C=O) groups is 1. The molecule has 0 bridgehead atoms. The number of nitrogens with two attached hydrogens (primary N) is 1. The largest absolute Gasteiger partial charge is 0.351 e. The van der Waals surface area contributed by atoms with Crippen molar-refractivity contribution < 1.29 is 9.18 Å². The third-order valence-corrected chi connectivity index (χ3v) is 4.90. The Labute approximate surface area is 144 Å². The van der Waals surface area contributed by atoms with E-state index >= 15 is 0 Å². The Kier molecular flexibility index (Phi) is 7.49. The normalized spacial score (nSPS) is 17.2. The number of benzene rings is 1. The van der Waals surface area contributed by atoms with Gasteiger partial charge in [-0.15, -0.1) is 12.4 Å². The maximum Gasteiger partial charge on any atom is 0.230 e. The van der Waals surface area contributed by atoms with Crippen molar-refractivity contribution in [2.75, 3.05) is 6.54 Å². The molecule has 130 valence electrons. The number of hydrogen-bond acceptors (Lipinski definition) is 2. The zero-order chi connectivity index (χ0) is 16.2. The van der Waals surface area contributed by atoms with Crippen LogP contribution >= 0.6 is 12.4 Å². The van der Waals surface area contributed by atoms with E-state index < -0.39 is 5.41 Å². The van der Waals surface area contributed by atoms with Crippen LogP contribution in [-0.2, 0) is 10.2 Å². The minimum atomic E-state index is -0.774. The topological polar surface area (TPSA) is 55.1 Å². The summed E-state index contributed by atoms with van der Waals surface area (Å²) < 4.78 is 13.4. The molecular weight excluding hydrogens is 315 g/mol. The summed E-state index contributed by atoms with van der Waals surface area (Å²) in [4.78, 5) is 12.7. The highest BCUT2D eigenvalue weighted by molar-refractivity contribution is 5.87. The van der Waals surface area contributed by atoms with E-state index in [2.05, 4.69) is 5.32 Å². The Morgan fingerprint density at radius 2 is 2.00 bits per heavy atom. The predicted molar refractivity (Wildman–Crippen MR) is 94.2 cm³/mol. The molecule has 0 radical (unpaired) electrons. The first-order valence-corrected chi connectivity index (χ1v) is 8.22. The summed E-state index contributed by atoms with van der Waals surface area (Å²) in [5.41, 5.74) is 5.79. The van der Waals surface area contributed by atoms with Crippen LogP contribution in [-0.4, -0.2) is 18.5 Å². The molecule has 1 unspecified atom stereocenters. The molecule has 0 saturated heterocycles. The van der Waals surface area contributed by atoms with Crippen molar-refractivity contribution in [2.24, 2.45) is 11.7 Å². The van der Waals surface area contributed by atoms with Crippen LogP contribution in [0.4, 0.5) is 4.39 Å². The Balaban J connectivity index is 0.00000264. The molecule has 1 saturated carbocycles. The molecule has 1 atom stereocenters. The number of hydrogen-bond donors (Lipinski definition) is 2. The molecule has 3 nitrogen and oxygen atoms in total. The lowest BCUT2D eigenvalue weighted by Crippen LogP contribution is -2.51. The van der Waals surface area contributed by atoms with Crippen LogP contribution < -0.4 is 11.1 Å². The van der Waals surface area contributed by atoms with Gasteiger partial charge in [0.1, 0.15) is 5.82 Å². The van der Waals surface area contributed by atoms with Crippen molar-refractivity contribution in [1.29, 1.82) is 0 Å². The number of rotatable bonds is 5. The summed E-state index contributed by atoms with van der Waals surface area (Å²) in [5, 5.41) is 3.11. The van der Waals surface area contributed by atoms with Crippen molar-refractivity contribution >= 4 is 18.3 Å². The minimum absolute atomic E-state index is 0. The monoisotopic (exact) mass is 342 g/mol. The summed E-state index contributed by atoms with van der Waals surface area (Å²) in [7, 11) is 0. The highest BCUT2D eigenvalue weighted by atomic mass is 35.5. The molecule has 1 aliphatic carbocycles. The number of amides is 1. The third-order valence-electron chi connectivity index (χ3n) is 4.90. The van der Waals surface area contributed by atoms with E-state index in [0.29, 0.717) is 18.0 Å². The zero-order valence-electron chi connectivity index (χ0n) is 14.0. The average Bonchev–Trinajstić information content (AvgIpc) is 2.53. The van der Waals surface area contributed by atoms with Crippen molar-refractivity contribution in [3.63, 3.8) is 0 Å². The van der Waals surface area contributed by atoms with Gasteiger partial charge < -0.3 is 11.1 Å². The second kappa shape index (κ2) is 8.65. The molecule has 1 aromatic rings. The van der Waals surface area contributed by atoms with Gasteiger partial charge in [-0.05, 0) is 50.3 Å². The lowest BCUT2D eigenvalue weighted by atomic mass is 9.81. The number of halogens is 2. The molecule has 1 fully saturated rings. The Hall–Kier alpha value is -1.13. The maximum atomic E-state index is 13.4. The van der Waals surface area contributed by atoms with Gasteiger partial charge in [0.05, 0.1) is 5.41 Å². The molecule has 1 aliphatic rings. The minimum Gasteiger partial charge on any atom is -0.351 e. The van der Waals surface area contributed by atoms with Gasteiger partial charge in [-0.3, -0.25) is 4.79 Å². The van der Waals surface area contributed by atoms with E-state index in [1.807, 2.05) is 13.8 Å². The Morgan fingerprint density at radius 3 is 2.57 bits per heavy atom. The maximum absolute atomic E-state index is 13.4. The number of nitrogens with one attached hydrogen (secondary N) is 1. The first-order chi connectivity index (χ1) is 10.4. The summed E-state index contributed by atoms with van der Waals surface area (Å²) in [6.07, 6.45) is 5.95. The Bertz CT molecular complexity index is 515. The molecule has 3 N–H and O–H groups in total. The van der Waals surface area contributed by atoms with E-state index in [0.717, 1.165) is 12.8 Å².